The molecular formula is C12H16O5. The Labute approximate surface area is 99.4 Å². The normalized spacial score (nSPS) is 35.1. The number of hydrogen-bond acceptors (Lipinski definition) is 4. The van der Waals surface area contributed by atoms with Crippen molar-refractivity contribution >= 4 is 11.9 Å². The molecule has 1 saturated heterocycles. The molecule has 3 aliphatic rings. The number of rotatable bonds is 2. The summed E-state index contributed by atoms with van der Waals surface area (Å²) in [4.78, 5) is 22.8. The van der Waals surface area contributed by atoms with E-state index in [0.29, 0.717) is 25.9 Å². The van der Waals surface area contributed by atoms with E-state index in [0.717, 1.165) is 0 Å². The highest BCUT2D eigenvalue weighted by Crippen LogP contribution is 2.36. The molecule has 0 spiro atoms. The Morgan fingerprint density at radius 2 is 2.41 bits per heavy atom. The maximum Gasteiger partial charge on any atom is 0.315 e. The van der Waals surface area contributed by atoms with Gasteiger partial charge < -0.3 is 14.6 Å². The average molecular weight is 240 g/mol. The van der Waals surface area contributed by atoms with Crippen LogP contribution in [0.15, 0.2) is 12.2 Å². The van der Waals surface area contributed by atoms with Gasteiger partial charge in [-0.05, 0) is 19.3 Å². The Bertz CT molecular complexity index is 339. The summed E-state index contributed by atoms with van der Waals surface area (Å²) in [5.74, 6) is -1.43. The van der Waals surface area contributed by atoms with Crippen LogP contribution in [0.1, 0.15) is 25.7 Å². The first-order valence-electron chi connectivity index (χ1n) is 5.80. The molecule has 3 aliphatic heterocycles. The zero-order valence-corrected chi connectivity index (χ0v) is 9.55. The lowest BCUT2D eigenvalue weighted by atomic mass is 9.78. The van der Waals surface area contributed by atoms with Crippen molar-refractivity contribution in [1.82, 2.24) is 0 Å². The van der Waals surface area contributed by atoms with Gasteiger partial charge in [-0.1, -0.05) is 12.2 Å². The summed E-state index contributed by atoms with van der Waals surface area (Å²) in [6, 6.07) is 0. The van der Waals surface area contributed by atoms with Crippen molar-refractivity contribution in [3.8, 4) is 0 Å². The lowest BCUT2D eigenvalue weighted by Gasteiger charge is -2.36. The van der Waals surface area contributed by atoms with Crippen LogP contribution in [0.3, 0.4) is 0 Å². The molecule has 3 heterocycles. The van der Waals surface area contributed by atoms with E-state index in [-0.39, 0.29) is 19.1 Å². The fraction of sp³-hybridized carbons (Fsp3) is 0.667. The Morgan fingerprint density at radius 3 is 3.06 bits per heavy atom. The molecule has 5 nitrogen and oxygen atoms in total. The molecule has 0 amide bonds. The standard InChI is InChI=1S/C12H16O5/c13-10(14)7-12-5-4-9(17-8-12)3-1-2-6-16-11(12)15/h1,3,9H,2,4-8H2,(H,13,14)/b3-1-/t9-,12+/m0/s1. The third-order valence-corrected chi connectivity index (χ3v) is 3.27. The third-order valence-electron chi connectivity index (χ3n) is 3.27. The van der Waals surface area contributed by atoms with Crippen molar-refractivity contribution in [2.24, 2.45) is 5.41 Å². The zero-order valence-electron chi connectivity index (χ0n) is 9.55. The molecule has 94 valence electrons. The van der Waals surface area contributed by atoms with Crippen LogP contribution in [-0.2, 0) is 19.1 Å². The monoisotopic (exact) mass is 240 g/mol. The van der Waals surface area contributed by atoms with Crippen LogP contribution in [0.2, 0.25) is 0 Å². The molecule has 17 heavy (non-hydrogen) atoms. The molecule has 2 atom stereocenters. The van der Waals surface area contributed by atoms with E-state index in [4.69, 9.17) is 14.6 Å². The van der Waals surface area contributed by atoms with Crippen molar-refractivity contribution in [3.63, 3.8) is 0 Å². The molecule has 2 bridgehead atoms. The highest BCUT2D eigenvalue weighted by molar-refractivity contribution is 5.83. The minimum atomic E-state index is -0.993. The van der Waals surface area contributed by atoms with Gasteiger partial charge in [0.15, 0.2) is 0 Å². The lowest BCUT2D eigenvalue weighted by Crippen LogP contribution is -2.44. The molecule has 3 rings (SSSR count). The van der Waals surface area contributed by atoms with Crippen molar-refractivity contribution in [1.29, 1.82) is 0 Å². The summed E-state index contributed by atoms with van der Waals surface area (Å²) in [7, 11) is 0. The quantitative estimate of drug-likeness (QED) is 0.578. The lowest BCUT2D eigenvalue weighted by molar-refractivity contribution is -0.172. The molecule has 0 aromatic carbocycles. The van der Waals surface area contributed by atoms with E-state index in [1.54, 1.807) is 0 Å². The van der Waals surface area contributed by atoms with E-state index in [9.17, 15) is 9.59 Å². The van der Waals surface area contributed by atoms with E-state index < -0.39 is 17.4 Å². The smallest absolute Gasteiger partial charge is 0.315 e. The SMILES string of the molecule is O=C(O)C[C@@]12CC[C@H](/C=C\CCOC1=O)OC2. The second-order valence-electron chi connectivity index (χ2n) is 4.59. The number of fused-ring (bicyclic) bond motifs is 6. The number of ether oxygens (including phenoxy) is 2. The van der Waals surface area contributed by atoms with E-state index >= 15 is 0 Å². The van der Waals surface area contributed by atoms with Gasteiger partial charge in [0.05, 0.1) is 25.7 Å². The van der Waals surface area contributed by atoms with E-state index in [1.807, 2.05) is 12.2 Å². The maximum atomic E-state index is 12.0. The largest absolute Gasteiger partial charge is 0.481 e. The first-order valence-corrected chi connectivity index (χ1v) is 5.80. The molecule has 1 N–H and O–H groups in total. The predicted octanol–water partition coefficient (Wildman–Crippen LogP) is 1.13. The number of hydrogen-bond donors (Lipinski definition) is 1. The van der Waals surface area contributed by atoms with Crippen molar-refractivity contribution < 1.29 is 24.2 Å². The van der Waals surface area contributed by atoms with E-state index in [1.165, 1.54) is 0 Å². The number of esters is 1. The predicted molar refractivity (Wildman–Crippen MR) is 58.4 cm³/mol. The summed E-state index contributed by atoms with van der Waals surface area (Å²) in [5.41, 5.74) is -0.993. The van der Waals surface area contributed by atoms with Crippen molar-refractivity contribution in [2.45, 2.75) is 31.8 Å². The van der Waals surface area contributed by atoms with Gasteiger partial charge in [-0.15, -0.1) is 0 Å². The minimum absolute atomic E-state index is 0.00261. The Morgan fingerprint density at radius 1 is 1.59 bits per heavy atom. The maximum absolute atomic E-state index is 12.0. The summed E-state index contributed by atoms with van der Waals surface area (Å²) < 4.78 is 10.7. The Hall–Kier alpha value is -1.36. The Kier molecular flexibility index (Phi) is 3.47. The van der Waals surface area contributed by atoms with Gasteiger partial charge in [-0.2, -0.15) is 0 Å². The van der Waals surface area contributed by atoms with Crippen LogP contribution in [0, 0.1) is 5.41 Å². The zero-order chi connectivity index (χ0) is 12.3. The van der Waals surface area contributed by atoms with Crippen molar-refractivity contribution in [3.05, 3.63) is 12.2 Å². The topological polar surface area (TPSA) is 72.8 Å². The van der Waals surface area contributed by atoms with Gasteiger partial charge >= 0.3 is 11.9 Å². The second kappa shape index (κ2) is 4.87. The van der Waals surface area contributed by atoms with Crippen LogP contribution >= 0.6 is 0 Å². The fourth-order valence-corrected chi connectivity index (χ4v) is 2.28. The third kappa shape index (κ3) is 2.66. The number of aliphatic carboxylic acids is 1. The molecule has 0 aliphatic carbocycles. The van der Waals surface area contributed by atoms with Crippen LogP contribution < -0.4 is 0 Å². The fourth-order valence-electron chi connectivity index (χ4n) is 2.28. The molecule has 0 aromatic rings. The number of carboxylic acids is 1. The Balaban J connectivity index is 2.20. The van der Waals surface area contributed by atoms with Gasteiger partial charge in [0, 0.05) is 0 Å². The first kappa shape index (κ1) is 12.1. The summed E-state index contributed by atoms with van der Waals surface area (Å²) in [6.45, 7) is 0.441. The van der Waals surface area contributed by atoms with E-state index in [2.05, 4.69) is 0 Å². The van der Waals surface area contributed by atoms with Crippen LogP contribution in [0.4, 0.5) is 0 Å². The molecule has 0 saturated carbocycles. The number of carboxylic acid groups (broad SMARTS) is 1. The minimum Gasteiger partial charge on any atom is -0.481 e. The van der Waals surface area contributed by atoms with Gasteiger partial charge in [-0.25, -0.2) is 0 Å². The highest BCUT2D eigenvalue weighted by Gasteiger charge is 2.45. The van der Waals surface area contributed by atoms with Crippen LogP contribution in [0.25, 0.3) is 0 Å². The summed E-state index contributed by atoms with van der Waals surface area (Å²) in [6.07, 6.45) is 5.50. The molecule has 1 fully saturated rings. The molecule has 0 aromatic heterocycles. The highest BCUT2D eigenvalue weighted by atomic mass is 16.5. The molecule has 5 heteroatoms. The summed E-state index contributed by atoms with van der Waals surface area (Å²) in [5, 5.41) is 8.91. The second-order valence-corrected chi connectivity index (χ2v) is 4.59. The van der Waals surface area contributed by atoms with Crippen LogP contribution in [-0.4, -0.2) is 36.4 Å². The first-order chi connectivity index (χ1) is 8.12. The average Bonchev–Trinajstić information content (AvgIpc) is 2.30. The van der Waals surface area contributed by atoms with Crippen LogP contribution in [0.5, 0.6) is 0 Å². The van der Waals surface area contributed by atoms with Gasteiger partial charge in [-0.3, -0.25) is 9.59 Å². The molecule has 0 unspecified atom stereocenters. The van der Waals surface area contributed by atoms with Crippen molar-refractivity contribution in [2.75, 3.05) is 13.2 Å². The van der Waals surface area contributed by atoms with Gasteiger partial charge in [0.25, 0.3) is 0 Å². The number of carbonyl (C=O) groups excluding carboxylic acids is 1. The molecule has 0 radical (unpaired) electrons. The summed E-state index contributed by atoms with van der Waals surface area (Å²) >= 11 is 0. The number of carbonyl (C=O) groups is 2. The van der Waals surface area contributed by atoms with Gasteiger partial charge in [0.1, 0.15) is 5.41 Å². The molecular weight excluding hydrogens is 224 g/mol. The van der Waals surface area contributed by atoms with Gasteiger partial charge in [0.2, 0.25) is 0 Å².